The van der Waals surface area contributed by atoms with E-state index in [0.29, 0.717) is 9.79 Å². The van der Waals surface area contributed by atoms with Crippen molar-refractivity contribution in [1.82, 2.24) is 0 Å². The molecular weight excluding hydrogens is 232 g/mol. The highest BCUT2D eigenvalue weighted by molar-refractivity contribution is 7.91. The predicted octanol–water partition coefficient (Wildman–Crippen LogP) is 3.18. The van der Waals surface area contributed by atoms with Crippen LogP contribution in [-0.4, -0.2) is 9.66 Å². The Morgan fingerprint density at radius 3 is 2.18 bits per heavy atom. The third kappa shape index (κ3) is 2.62. The molecule has 88 valence electrons. The molecule has 1 atom stereocenters. The van der Waals surface area contributed by atoms with Crippen LogP contribution in [0, 0.1) is 13.8 Å². The van der Waals surface area contributed by atoms with Gasteiger partial charge in [0, 0.05) is 17.2 Å². The number of aryl methyl sites for hydroxylation is 2. The van der Waals surface area contributed by atoms with Crippen LogP contribution in [0.1, 0.15) is 11.1 Å². The third-order valence-corrected chi connectivity index (χ3v) is 3.98. The molecule has 0 aliphatic heterocycles. The zero-order valence-corrected chi connectivity index (χ0v) is 10.6. The molecule has 0 spiro atoms. The van der Waals surface area contributed by atoms with Crippen molar-refractivity contribution in [3.05, 3.63) is 53.6 Å². The van der Waals surface area contributed by atoms with Gasteiger partial charge in [0.25, 0.3) is 0 Å². The molecule has 0 radical (unpaired) electrons. The molecule has 0 amide bonds. The van der Waals surface area contributed by atoms with Gasteiger partial charge in [0.1, 0.15) is 0 Å². The molecule has 17 heavy (non-hydrogen) atoms. The number of rotatable bonds is 2. The van der Waals surface area contributed by atoms with Crippen molar-refractivity contribution in [1.29, 1.82) is 0 Å². The number of hydrogen-bond acceptors (Lipinski definition) is 2. The summed E-state index contributed by atoms with van der Waals surface area (Å²) >= 11 is -1.33. The quantitative estimate of drug-likeness (QED) is 0.827. The van der Waals surface area contributed by atoms with E-state index in [2.05, 4.69) is 0 Å². The Balaban J connectivity index is 2.39. The lowest BCUT2D eigenvalue weighted by Crippen LogP contribution is -2.02. The maximum Gasteiger partial charge on any atom is 0.200 e. The van der Waals surface area contributed by atoms with Crippen molar-refractivity contribution in [2.24, 2.45) is 0 Å². The number of aromatic hydroxyl groups is 1. The van der Waals surface area contributed by atoms with Gasteiger partial charge in [-0.1, -0.05) is 23.8 Å². The van der Waals surface area contributed by atoms with Crippen LogP contribution in [0.15, 0.2) is 52.3 Å². The van der Waals surface area contributed by atoms with E-state index >= 15 is 0 Å². The molecule has 0 saturated carbocycles. The second-order valence-electron chi connectivity index (χ2n) is 4.05. The number of phenolic OH excluding ortho intramolecular Hbond substituents is 1. The van der Waals surface area contributed by atoms with Crippen LogP contribution in [0.25, 0.3) is 0 Å². The molecule has 0 heterocycles. The molecule has 0 aliphatic carbocycles. The Hall–Kier alpha value is -1.45. The normalized spacial score (nSPS) is 12.4. The van der Waals surface area contributed by atoms with Gasteiger partial charge in [0.05, 0.1) is 0 Å². The van der Waals surface area contributed by atoms with Gasteiger partial charge in [-0.05, 0) is 37.6 Å². The molecule has 0 saturated heterocycles. The summed E-state index contributed by atoms with van der Waals surface area (Å²) in [5.74, 6) is 0.0782. The fourth-order valence-corrected chi connectivity index (χ4v) is 2.75. The minimum Gasteiger partial charge on any atom is -0.606 e. The number of benzene rings is 2. The lowest BCUT2D eigenvalue weighted by atomic mass is 10.2. The van der Waals surface area contributed by atoms with E-state index in [-0.39, 0.29) is 5.75 Å². The fourth-order valence-electron chi connectivity index (χ4n) is 1.56. The first-order valence-corrected chi connectivity index (χ1v) is 6.51. The second kappa shape index (κ2) is 4.82. The van der Waals surface area contributed by atoms with E-state index in [9.17, 15) is 9.66 Å². The van der Waals surface area contributed by atoms with E-state index in [1.54, 1.807) is 18.2 Å². The smallest absolute Gasteiger partial charge is 0.200 e. The van der Waals surface area contributed by atoms with Crippen molar-refractivity contribution >= 4 is 11.2 Å². The first-order valence-electron chi connectivity index (χ1n) is 5.36. The minimum atomic E-state index is -1.33. The summed E-state index contributed by atoms with van der Waals surface area (Å²) in [7, 11) is 0. The van der Waals surface area contributed by atoms with Gasteiger partial charge < -0.3 is 9.66 Å². The zero-order valence-electron chi connectivity index (χ0n) is 9.81. The Kier molecular flexibility index (Phi) is 3.41. The molecule has 0 aromatic heterocycles. The SMILES string of the molecule is Cc1ccc([S+]([O-])c2cc(C)ccc2O)cc1. The molecule has 2 aromatic rings. The first-order chi connectivity index (χ1) is 8.08. The lowest BCUT2D eigenvalue weighted by molar-refractivity contribution is 0.458. The minimum absolute atomic E-state index is 0.0782. The van der Waals surface area contributed by atoms with E-state index in [0.717, 1.165) is 11.1 Å². The molecule has 0 bridgehead atoms. The molecule has 2 rings (SSSR count). The van der Waals surface area contributed by atoms with Crippen molar-refractivity contribution in [2.75, 3.05) is 0 Å². The molecular formula is C14H14O2S. The maximum atomic E-state index is 12.3. The Morgan fingerprint density at radius 1 is 0.941 bits per heavy atom. The third-order valence-electron chi connectivity index (χ3n) is 2.55. The summed E-state index contributed by atoms with van der Waals surface area (Å²) < 4.78 is 12.3. The van der Waals surface area contributed by atoms with Crippen LogP contribution < -0.4 is 0 Å². The Morgan fingerprint density at radius 2 is 1.53 bits per heavy atom. The van der Waals surface area contributed by atoms with Gasteiger partial charge in [-0.25, -0.2) is 0 Å². The van der Waals surface area contributed by atoms with Crippen LogP contribution >= 0.6 is 0 Å². The average Bonchev–Trinajstić information content (AvgIpc) is 2.32. The van der Waals surface area contributed by atoms with E-state index < -0.39 is 11.2 Å². The molecule has 2 aromatic carbocycles. The topological polar surface area (TPSA) is 43.3 Å². The van der Waals surface area contributed by atoms with Crippen LogP contribution in [0.3, 0.4) is 0 Å². The summed E-state index contributed by atoms with van der Waals surface area (Å²) in [6, 6.07) is 12.6. The van der Waals surface area contributed by atoms with Crippen LogP contribution in [0.4, 0.5) is 0 Å². The van der Waals surface area contributed by atoms with Crippen LogP contribution in [-0.2, 0) is 11.2 Å². The van der Waals surface area contributed by atoms with Gasteiger partial charge in [-0.15, -0.1) is 0 Å². The summed E-state index contributed by atoms with van der Waals surface area (Å²) in [5.41, 5.74) is 2.11. The van der Waals surface area contributed by atoms with Crippen molar-refractivity contribution in [3.8, 4) is 5.75 Å². The van der Waals surface area contributed by atoms with Crippen molar-refractivity contribution in [2.45, 2.75) is 23.6 Å². The van der Waals surface area contributed by atoms with Gasteiger partial charge in [-0.2, -0.15) is 0 Å². The van der Waals surface area contributed by atoms with Gasteiger partial charge >= 0.3 is 0 Å². The highest BCUT2D eigenvalue weighted by Crippen LogP contribution is 2.29. The van der Waals surface area contributed by atoms with Gasteiger partial charge in [0.15, 0.2) is 15.5 Å². The zero-order chi connectivity index (χ0) is 12.4. The molecule has 0 aliphatic rings. The fraction of sp³-hybridized carbons (Fsp3) is 0.143. The highest BCUT2D eigenvalue weighted by atomic mass is 32.2. The van der Waals surface area contributed by atoms with E-state index in [4.69, 9.17) is 0 Å². The average molecular weight is 246 g/mol. The van der Waals surface area contributed by atoms with Crippen LogP contribution in [0.2, 0.25) is 0 Å². The number of hydrogen-bond donors (Lipinski definition) is 1. The van der Waals surface area contributed by atoms with Crippen molar-refractivity contribution in [3.63, 3.8) is 0 Å². The summed E-state index contributed by atoms with van der Waals surface area (Å²) in [6.07, 6.45) is 0. The van der Waals surface area contributed by atoms with E-state index in [1.807, 2.05) is 38.1 Å². The lowest BCUT2D eigenvalue weighted by Gasteiger charge is -2.11. The van der Waals surface area contributed by atoms with E-state index in [1.165, 1.54) is 0 Å². The van der Waals surface area contributed by atoms with Crippen LogP contribution in [0.5, 0.6) is 5.75 Å². The predicted molar refractivity (Wildman–Crippen MR) is 68.7 cm³/mol. The number of phenols is 1. The Labute approximate surface area is 104 Å². The summed E-state index contributed by atoms with van der Waals surface area (Å²) in [5, 5.41) is 9.73. The monoisotopic (exact) mass is 246 g/mol. The molecule has 1 unspecified atom stereocenters. The van der Waals surface area contributed by atoms with Gasteiger partial charge in [0.2, 0.25) is 0 Å². The standard InChI is InChI=1S/C14H14O2S/c1-10-3-6-12(7-4-10)17(16)14-9-11(2)5-8-13(14)15/h3-9,15H,1-2H3. The highest BCUT2D eigenvalue weighted by Gasteiger charge is 2.18. The second-order valence-corrected chi connectivity index (χ2v) is 5.50. The van der Waals surface area contributed by atoms with Crippen molar-refractivity contribution < 1.29 is 9.66 Å². The molecule has 1 N–H and O–H groups in total. The summed E-state index contributed by atoms with van der Waals surface area (Å²) in [6.45, 7) is 3.89. The van der Waals surface area contributed by atoms with Gasteiger partial charge in [-0.3, -0.25) is 0 Å². The Bertz CT molecular complexity index is 520. The molecule has 3 heteroatoms. The first kappa shape index (κ1) is 12.0. The molecule has 0 fully saturated rings. The molecule has 2 nitrogen and oxygen atoms in total. The maximum absolute atomic E-state index is 12.3. The summed E-state index contributed by atoms with van der Waals surface area (Å²) in [4.78, 5) is 1.17. The largest absolute Gasteiger partial charge is 0.606 e.